The van der Waals surface area contributed by atoms with Crippen LogP contribution < -0.4 is 5.73 Å². The van der Waals surface area contributed by atoms with Crippen LogP contribution in [-0.4, -0.2) is 27.7 Å². The van der Waals surface area contributed by atoms with Gasteiger partial charge >= 0.3 is 0 Å². The summed E-state index contributed by atoms with van der Waals surface area (Å²) in [7, 11) is 0. The van der Waals surface area contributed by atoms with Crippen molar-refractivity contribution in [2.45, 2.75) is 45.7 Å². The molecule has 0 radical (unpaired) electrons. The zero-order valence-corrected chi connectivity index (χ0v) is 16.2. The molecule has 0 aliphatic heterocycles. The van der Waals surface area contributed by atoms with E-state index in [2.05, 4.69) is 4.98 Å². The van der Waals surface area contributed by atoms with E-state index in [-0.39, 0.29) is 16.7 Å². The van der Waals surface area contributed by atoms with Crippen LogP contribution in [0.2, 0.25) is 5.02 Å². The number of primary amides is 1. The molecule has 1 heterocycles. The fourth-order valence-electron chi connectivity index (χ4n) is 3.48. The normalized spacial score (nSPS) is 17.0. The van der Waals surface area contributed by atoms with Crippen molar-refractivity contribution in [2.24, 2.45) is 5.73 Å². The fraction of sp³-hybridized carbons (Fsp3) is 0.389. The number of aromatic nitrogens is 1. The molecule has 1 aromatic heterocycles. The minimum Gasteiger partial charge on any atom is -0.368 e. The summed E-state index contributed by atoms with van der Waals surface area (Å²) in [6.45, 7) is 5.15. The second kappa shape index (κ2) is 6.96. The van der Waals surface area contributed by atoms with Crippen molar-refractivity contribution in [3.8, 4) is 0 Å². The molecule has 3 rings (SSSR count). The van der Waals surface area contributed by atoms with Gasteiger partial charge in [-0.3, -0.25) is 9.59 Å². The summed E-state index contributed by atoms with van der Waals surface area (Å²) in [4.78, 5) is 31.3. The molecule has 0 saturated carbocycles. The zero-order chi connectivity index (χ0) is 19.2. The number of nitrogens with zero attached hydrogens (tertiary/aromatic N) is 2. The molecular weight excluding hydrogens is 377 g/mol. The van der Waals surface area contributed by atoms with Gasteiger partial charge in [0.1, 0.15) is 16.7 Å². The Bertz CT molecular complexity index is 899. The van der Waals surface area contributed by atoms with E-state index in [9.17, 15) is 14.0 Å². The maximum absolute atomic E-state index is 14.3. The monoisotopic (exact) mass is 395 g/mol. The van der Waals surface area contributed by atoms with E-state index in [1.54, 1.807) is 19.9 Å². The first-order valence-electron chi connectivity index (χ1n) is 8.24. The number of thiazole rings is 1. The summed E-state index contributed by atoms with van der Waals surface area (Å²) in [6, 6.07) is 1.62. The maximum Gasteiger partial charge on any atom is 0.267 e. The number of aryl methyl sites for hydroxylation is 2. The number of amides is 2. The summed E-state index contributed by atoms with van der Waals surface area (Å²) in [6.07, 6.45) is 0.978. The van der Waals surface area contributed by atoms with Crippen LogP contribution in [0.25, 0.3) is 0 Å². The highest BCUT2D eigenvalue weighted by Crippen LogP contribution is 2.40. The number of nitrogens with two attached hydrogens (primary N) is 1. The topological polar surface area (TPSA) is 76.3 Å². The molecule has 2 amide bonds. The molecule has 2 N–H and O–H groups in total. The Hall–Kier alpha value is -1.99. The third-order valence-corrected chi connectivity index (χ3v) is 6.00. The molecule has 1 aromatic carbocycles. The van der Waals surface area contributed by atoms with E-state index in [0.29, 0.717) is 34.5 Å². The molecule has 1 aliphatic carbocycles. The molecule has 138 valence electrons. The lowest BCUT2D eigenvalue weighted by molar-refractivity contribution is -0.122. The Kier molecular flexibility index (Phi) is 5.03. The van der Waals surface area contributed by atoms with Gasteiger partial charge in [-0.25, -0.2) is 9.37 Å². The van der Waals surface area contributed by atoms with Crippen LogP contribution in [0, 0.1) is 19.7 Å². The van der Waals surface area contributed by atoms with Crippen molar-refractivity contribution >= 4 is 34.8 Å². The van der Waals surface area contributed by atoms with Crippen LogP contribution >= 0.6 is 22.9 Å². The van der Waals surface area contributed by atoms with Gasteiger partial charge < -0.3 is 10.6 Å². The smallest absolute Gasteiger partial charge is 0.267 e. The predicted octanol–water partition coefficient (Wildman–Crippen LogP) is 3.56. The molecule has 0 saturated heterocycles. The number of benzene rings is 1. The molecule has 0 bridgehead atoms. The lowest BCUT2D eigenvalue weighted by Crippen LogP contribution is -2.47. The second-order valence-corrected chi connectivity index (χ2v) is 8.09. The number of hydrogen-bond donors (Lipinski definition) is 1. The first-order chi connectivity index (χ1) is 12.2. The number of halogens is 2. The molecule has 1 aliphatic rings. The quantitative estimate of drug-likeness (QED) is 0.859. The largest absolute Gasteiger partial charge is 0.368 e. The Morgan fingerprint density at radius 3 is 2.69 bits per heavy atom. The van der Waals surface area contributed by atoms with Crippen LogP contribution in [0.5, 0.6) is 0 Å². The van der Waals surface area contributed by atoms with E-state index in [1.807, 2.05) is 6.92 Å². The molecule has 0 spiro atoms. The second-order valence-electron chi connectivity index (χ2n) is 6.45. The summed E-state index contributed by atoms with van der Waals surface area (Å²) in [5.74, 6) is -1.33. The van der Waals surface area contributed by atoms with Gasteiger partial charge in [0.2, 0.25) is 5.91 Å². The van der Waals surface area contributed by atoms with Gasteiger partial charge in [0.25, 0.3) is 5.91 Å². The summed E-state index contributed by atoms with van der Waals surface area (Å²) < 4.78 is 14.3. The first-order valence-corrected chi connectivity index (χ1v) is 9.44. The van der Waals surface area contributed by atoms with Crippen LogP contribution in [0.15, 0.2) is 12.1 Å². The number of carbonyl (C=O) groups is 2. The number of carbonyl (C=O) groups excluding carboxylic acids is 2. The van der Waals surface area contributed by atoms with E-state index >= 15 is 0 Å². The van der Waals surface area contributed by atoms with Crippen molar-refractivity contribution in [3.63, 3.8) is 0 Å². The molecule has 26 heavy (non-hydrogen) atoms. The highest BCUT2D eigenvalue weighted by Gasteiger charge is 2.38. The Morgan fingerprint density at radius 2 is 2.12 bits per heavy atom. The van der Waals surface area contributed by atoms with E-state index in [1.165, 1.54) is 22.3 Å². The summed E-state index contributed by atoms with van der Waals surface area (Å²) in [5, 5.41) is 1.02. The van der Waals surface area contributed by atoms with Gasteiger partial charge in [0.15, 0.2) is 0 Å². The summed E-state index contributed by atoms with van der Waals surface area (Å²) in [5.41, 5.74) is 7.27. The van der Waals surface area contributed by atoms with Crippen molar-refractivity contribution in [1.82, 2.24) is 9.88 Å². The SMILES string of the molecule is Cc1nc(C)c(C(=O)N([C@H](C)C(N)=O)[C@@H]2CCc3c(F)cc(Cl)cc32)s1. The van der Waals surface area contributed by atoms with E-state index in [0.717, 1.165) is 5.01 Å². The Labute approximate surface area is 160 Å². The molecule has 0 unspecified atom stereocenters. The highest BCUT2D eigenvalue weighted by molar-refractivity contribution is 7.13. The third-order valence-electron chi connectivity index (χ3n) is 4.72. The molecule has 2 aromatic rings. The summed E-state index contributed by atoms with van der Waals surface area (Å²) >= 11 is 7.29. The lowest BCUT2D eigenvalue weighted by atomic mass is 10.0. The van der Waals surface area contributed by atoms with Crippen molar-refractivity contribution < 1.29 is 14.0 Å². The first kappa shape index (κ1) is 18.8. The number of hydrogen-bond acceptors (Lipinski definition) is 4. The van der Waals surface area contributed by atoms with Gasteiger partial charge in [-0.05, 0) is 56.9 Å². The van der Waals surface area contributed by atoms with Gasteiger partial charge in [-0.15, -0.1) is 11.3 Å². The number of fused-ring (bicyclic) bond motifs is 1. The molecule has 8 heteroatoms. The van der Waals surface area contributed by atoms with E-state index in [4.69, 9.17) is 17.3 Å². The van der Waals surface area contributed by atoms with Gasteiger partial charge in [-0.1, -0.05) is 11.6 Å². The predicted molar refractivity (Wildman–Crippen MR) is 98.9 cm³/mol. The standard InChI is InChI=1S/C18H19ClFN3O2S/c1-8-16(26-10(3)22-8)18(25)23(9(2)17(21)24)15-5-4-12-13(15)6-11(19)7-14(12)20/h6-7,9,15H,4-5H2,1-3H3,(H2,21,24)/t9-,15-/m1/s1. The van der Waals surface area contributed by atoms with Crippen molar-refractivity contribution in [3.05, 3.63) is 49.7 Å². The lowest BCUT2D eigenvalue weighted by Gasteiger charge is -2.33. The van der Waals surface area contributed by atoms with Crippen LogP contribution in [0.4, 0.5) is 4.39 Å². The van der Waals surface area contributed by atoms with Crippen molar-refractivity contribution in [1.29, 1.82) is 0 Å². The molecule has 0 fully saturated rings. The minimum atomic E-state index is -0.845. The molecular formula is C18H19ClFN3O2S. The van der Waals surface area contributed by atoms with Crippen LogP contribution in [0.1, 0.15) is 50.9 Å². The van der Waals surface area contributed by atoms with Crippen LogP contribution in [-0.2, 0) is 11.2 Å². The van der Waals surface area contributed by atoms with Gasteiger partial charge in [0, 0.05) is 5.02 Å². The molecule has 2 atom stereocenters. The minimum absolute atomic E-state index is 0.261. The zero-order valence-electron chi connectivity index (χ0n) is 14.7. The third kappa shape index (κ3) is 3.21. The van der Waals surface area contributed by atoms with Crippen LogP contribution in [0.3, 0.4) is 0 Å². The highest BCUT2D eigenvalue weighted by atomic mass is 35.5. The van der Waals surface area contributed by atoms with Crippen molar-refractivity contribution in [2.75, 3.05) is 0 Å². The Balaban J connectivity index is 2.09. The van der Waals surface area contributed by atoms with Gasteiger partial charge in [0.05, 0.1) is 16.7 Å². The Morgan fingerprint density at radius 1 is 1.42 bits per heavy atom. The van der Waals surface area contributed by atoms with Gasteiger partial charge in [-0.2, -0.15) is 0 Å². The average molecular weight is 396 g/mol. The maximum atomic E-state index is 14.3. The fourth-order valence-corrected chi connectivity index (χ4v) is 4.56. The van der Waals surface area contributed by atoms with E-state index < -0.39 is 18.0 Å². The average Bonchev–Trinajstić information content (AvgIpc) is 3.10. The molecule has 5 nitrogen and oxygen atoms in total. The number of rotatable bonds is 4.